The summed E-state index contributed by atoms with van der Waals surface area (Å²) in [6, 6.07) is -0.0302. The van der Waals surface area contributed by atoms with E-state index >= 15 is 0 Å². The predicted octanol–water partition coefficient (Wildman–Crippen LogP) is 4.70. The fourth-order valence-electron chi connectivity index (χ4n) is 4.04. The largest absolute Gasteiger partial charge is 0.466 e. The molecule has 2 amide bonds. The number of carbonyl (C=O) groups is 3. The number of nitrogens with zero attached hydrogens (tertiary/aromatic N) is 1. The minimum atomic E-state index is -0.581. The third-order valence-corrected chi connectivity index (χ3v) is 6.42. The number of methoxy groups -OCH3 is 1. The van der Waals surface area contributed by atoms with Crippen molar-refractivity contribution in [1.82, 2.24) is 20.9 Å². The molecule has 232 valence electrons. The Hall–Kier alpha value is -3.49. The van der Waals surface area contributed by atoms with E-state index in [-0.39, 0.29) is 17.9 Å². The molecule has 0 spiro atoms. The standard InChI is InChI=1S/C34H52N4O4/c1-3-4-5-6-7-8-9-10-11-12-13-14-15-16-17-18-19-20-21-22-32(39)36-29-31(38-27-25-35-26-28-38)30-37-33(40)23-24-34(41)42-2/h4-5,7-8,10-11,13-14,16-17,19-20,23-24,31,35H,3,6,9,12,15,18,21-22,25-30H2,1-2H3,(H,36,39)(H,37,40). The van der Waals surface area contributed by atoms with Gasteiger partial charge < -0.3 is 20.7 Å². The molecule has 0 aromatic rings. The molecule has 1 rings (SSSR count). The van der Waals surface area contributed by atoms with Crippen molar-refractivity contribution < 1.29 is 19.1 Å². The molecule has 3 N–H and O–H groups in total. The summed E-state index contributed by atoms with van der Waals surface area (Å²) in [5, 5.41) is 9.14. The van der Waals surface area contributed by atoms with Crippen molar-refractivity contribution in [2.45, 2.75) is 64.3 Å². The highest BCUT2D eigenvalue weighted by atomic mass is 16.5. The van der Waals surface area contributed by atoms with Crippen molar-refractivity contribution in [3.8, 4) is 0 Å². The Bertz CT molecular complexity index is 957. The first-order valence-corrected chi connectivity index (χ1v) is 15.2. The topological polar surface area (TPSA) is 99.8 Å². The van der Waals surface area contributed by atoms with Gasteiger partial charge in [0.25, 0.3) is 0 Å². The summed E-state index contributed by atoms with van der Waals surface area (Å²) in [4.78, 5) is 37.9. The summed E-state index contributed by atoms with van der Waals surface area (Å²) in [5.41, 5.74) is 0. The highest BCUT2D eigenvalue weighted by Crippen LogP contribution is 2.02. The van der Waals surface area contributed by atoms with Gasteiger partial charge in [0.1, 0.15) is 0 Å². The van der Waals surface area contributed by atoms with Gasteiger partial charge in [-0.1, -0.05) is 79.8 Å². The van der Waals surface area contributed by atoms with E-state index in [1.165, 1.54) is 7.11 Å². The average molecular weight is 581 g/mol. The van der Waals surface area contributed by atoms with E-state index in [1.54, 1.807) is 0 Å². The second-order valence-corrected chi connectivity index (χ2v) is 9.80. The Morgan fingerprint density at radius 3 is 1.76 bits per heavy atom. The van der Waals surface area contributed by atoms with Gasteiger partial charge in [0.15, 0.2) is 0 Å². The number of nitrogens with one attached hydrogen (secondary N) is 3. The fraction of sp³-hybridized carbons (Fsp3) is 0.500. The van der Waals surface area contributed by atoms with Crippen LogP contribution in [0.5, 0.6) is 0 Å². The first-order chi connectivity index (χ1) is 20.6. The molecule has 0 saturated carbocycles. The lowest BCUT2D eigenvalue weighted by atomic mass is 10.2. The van der Waals surface area contributed by atoms with Gasteiger partial charge in [-0.15, -0.1) is 0 Å². The number of carbonyl (C=O) groups excluding carboxylic acids is 3. The summed E-state index contributed by atoms with van der Waals surface area (Å²) >= 11 is 0. The number of amides is 2. The van der Waals surface area contributed by atoms with Crippen LogP contribution in [0.3, 0.4) is 0 Å². The highest BCUT2D eigenvalue weighted by molar-refractivity contribution is 5.94. The van der Waals surface area contributed by atoms with Gasteiger partial charge in [0.2, 0.25) is 11.8 Å². The van der Waals surface area contributed by atoms with Crippen molar-refractivity contribution in [2.24, 2.45) is 0 Å². The summed E-state index contributed by atoms with van der Waals surface area (Å²) in [7, 11) is 1.26. The van der Waals surface area contributed by atoms with E-state index in [2.05, 4.69) is 99.3 Å². The maximum absolute atomic E-state index is 12.4. The van der Waals surface area contributed by atoms with E-state index in [1.807, 2.05) is 6.08 Å². The third-order valence-electron chi connectivity index (χ3n) is 6.42. The molecule has 42 heavy (non-hydrogen) atoms. The van der Waals surface area contributed by atoms with E-state index < -0.39 is 5.97 Å². The van der Waals surface area contributed by atoms with Crippen LogP contribution >= 0.6 is 0 Å². The maximum atomic E-state index is 12.4. The van der Waals surface area contributed by atoms with Crippen LogP contribution in [0.4, 0.5) is 0 Å². The van der Waals surface area contributed by atoms with Crippen LogP contribution in [0, 0.1) is 0 Å². The van der Waals surface area contributed by atoms with Gasteiger partial charge in [0, 0.05) is 63.9 Å². The van der Waals surface area contributed by atoms with E-state index in [0.29, 0.717) is 25.9 Å². The smallest absolute Gasteiger partial charge is 0.330 e. The fourth-order valence-corrected chi connectivity index (χ4v) is 4.04. The van der Waals surface area contributed by atoms with Crippen molar-refractivity contribution in [3.05, 3.63) is 85.1 Å². The molecule has 0 aromatic carbocycles. The Kier molecular flexibility index (Phi) is 23.0. The van der Waals surface area contributed by atoms with Crippen LogP contribution < -0.4 is 16.0 Å². The minimum absolute atomic E-state index is 0.00780. The van der Waals surface area contributed by atoms with E-state index in [9.17, 15) is 14.4 Å². The third kappa shape index (κ3) is 21.3. The van der Waals surface area contributed by atoms with Crippen LogP contribution in [-0.4, -0.2) is 75.1 Å². The zero-order chi connectivity index (χ0) is 30.5. The molecule has 0 aromatic heterocycles. The molecule has 1 saturated heterocycles. The Balaban J connectivity index is 2.21. The molecule has 0 aliphatic carbocycles. The SMILES string of the molecule is CCC=CCC=CCC=CCC=CCC=CCC=CCCC(=O)NCC(CNC(=O)C=CC(=O)OC)N1CCNCC1. The first-order valence-electron chi connectivity index (χ1n) is 15.2. The molecule has 8 heteroatoms. The van der Waals surface area contributed by atoms with Crippen LogP contribution in [0.2, 0.25) is 0 Å². The molecule has 1 unspecified atom stereocenters. The van der Waals surface area contributed by atoms with Crippen molar-refractivity contribution in [1.29, 1.82) is 0 Å². The quantitative estimate of drug-likeness (QED) is 0.103. The predicted molar refractivity (Wildman–Crippen MR) is 173 cm³/mol. The van der Waals surface area contributed by atoms with E-state index in [4.69, 9.17) is 0 Å². The normalized spacial score (nSPS) is 15.8. The summed E-state index contributed by atoms with van der Waals surface area (Å²) < 4.78 is 4.50. The maximum Gasteiger partial charge on any atom is 0.330 e. The van der Waals surface area contributed by atoms with E-state index in [0.717, 1.165) is 76.9 Å². The lowest BCUT2D eigenvalue weighted by molar-refractivity contribution is -0.135. The number of hydrogen-bond acceptors (Lipinski definition) is 6. The van der Waals surface area contributed by atoms with Crippen LogP contribution in [-0.2, 0) is 19.1 Å². The van der Waals surface area contributed by atoms with Gasteiger partial charge >= 0.3 is 5.97 Å². The molecule has 1 aliphatic rings. The van der Waals surface area contributed by atoms with Crippen molar-refractivity contribution in [3.63, 3.8) is 0 Å². The Morgan fingerprint density at radius 1 is 0.738 bits per heavy atom. The summed E-state index contributed by atoms with van der Waals surface area (Å²) in [6.45, 7) is 6.38. The molecule has 1 fully saturated rings. The molecule has 8 nitrogen and oxygen atoms in total. The van der Waals surface area contributed by atoms with Gasteiger partial charge in [-0.3, -0.25) is 14.5 Å². The molecule has 1 aliphatic heterocycles. The molecule has 1 atom stereocenters. The number of rotatable bonds is 21. The highest BCUT2D eigenvalue weighted by Gasteiger charge is 2.21. The lowest BCUT2D eigenvalue weighted by Gasteiger charge is -2.35. The summed E-state index contributed by atoms with van der Waals surface area (Å²) in [6.07, 6.45) is 35.2. The number of hydrogen-bond donors (Lipinski definition) is 3. The summed E-state index contributed by atoms with van der Waals surface area (Å²) in [5.74, 6) is -0.959. The van der Waals surface area contributed by atoms with Crippen LogP contribution in [0.15, 0.2) is 85.1 Å². The molecule has 1 heterocycles. The average Bonchev–Trinajstić information content (AvgIpc) is 3.01. The van der Waals surface area contributed by atoms with Gasteiger partial charge in [0.05, 0.1) is 7.11 Å². The zero-order valence-corrected chi connectivity index (χ0v) is 25.6. The second kappa shape index (κ2) is 26.4. The second-order valence-electron chi connectivity index (χ2n) is 9.80. The zero-order valence-electron chi connectivity index (χ0n) is 25.6. The number of allylic oxidation sites excluding steroid dienone is 12. The van der Waals surface area contributed by atoms with Crippen LogP contribution in [0.1, 0.15) is 58.3 Å². The van der Waals surface area contributed by atoms with Crippen molar-refractivity contribution in [2.75, 3.05) is 46.4 Å². The molecule has 0 bridgehead atoms. The molecule has 0 radical (unpaired) electrons. The minimum Gasteiger partial charge on any atom is -0.466 e. The number of piperazine rings is 1. The molecular formula is C34H52N4O4. The van der Waals surface area contributed by atoms with Gasteiger partial charge in [-0.2, -0.15) is 0 Å². The number of ether oxygens (including phenoxy) is 1. The lowest BCUT2D eigenvalue weighted by Crippen LogP contribution is -2.55. The Labute approximate surface area is 253 Å². The first kappa shape index (κ1) is 36.5. The molecular weight excluding hydrogens is 528 g/mol. The van der Waals surface area contributed by atoms with Gasteiger partial charge in [-0.05, 0) is 44.9 Å². The van der Waals surface area contributed by atoms with Crippen LogP contribution in [0.25, 0.3) is 0 Å². The van der Waals surface area contributed by atoms with Crippen molar-refractivity contribution >= 4 is 17.8 Å². The monoisotopic (exact) mass is 580 g/mol. The Morgan fingerprint density at radius 2 is 1.24 bits per heavy atom. The number of esters is 1. The van der Waals surface area contributed by atoms with Gasteiger partial charge in [-0.25, -0.2) is 4.79 Å².